The van der Waals surface area contributed by atoms with Gasteiger partial charge in [-0.25, -0.2) is 4.79 Å². The number of hydrogen-bond acceptors (Lipinski definition) is 5. The van der Waals surface area contributed by atoms with E-state index in [1.54, 1.807) is 0 Å². The van der Waals surface area contributed by atoms with Crippen LogP contribution in [0.5, 0.6) is 11.5 Å². The van der Waals surface area contributed by atoms with Crippen LogP contribution in [-0.2, 0) is 4.79 Å². The fourth-order valence-corrected chi connectivity index (χ4v) is 1.14. The Kier molecular flexibility index (Phi) is 3.86. The maximum Gasteiger partial charge on any atom is 0.344 e. The molecule has 7 nitrogen and oxygen atoms in total. The lowest BCUT2D eigenvalue weighted by atomic mass is 10.2. The van der Waals surface area contributed by atoms with Crippen molar-refractivity contribution in [2.24, 2.45) is 0 Å². The van der Waals surface area contributed by atoms with Gasteiger partial charge in [0.25, 0.3) is 0 Å². The van der Waals surface area contributed by atoms with Gasteiger partial charge in [-0.05, 0) is 19.1 Å². The number of aliphatic carboxylic acids is 1. The highest BCUT2D eigenvalue weighted by atomic mass is 16.6. The normalized spacial score (nSPS) is 11.6. The lowest BCUT2D eigenvalue weighted by Gasteiger charge is -2.10. The lowest BCUT2D eigenvalue weighted by molar-refractivity contribution is -0.385. The molecule has 0 amide bonds. The van der Waals surface area contributed by atoms with Gasteiger partial charge in [-0.1, -0.05) is 0 Å². The molecule has 1 N–H and O–H groups in total. The van der Waals surface area contributed by atoms with Gasteiger partial charge in [-0.15, -0.1) is 0 Å². The number of rotatable bonds is 5. The Morgan fingerprint density at radius 2 is 2.18 bits per heavy atom. The molecule has 0 aliphatic carbocycles. The summed E-state index contributed by atoms with van der Waals surface area (Å²) in [6.07, 6.45) is -1.08. The molecule has 0 radical (unpaired) electrons. The van der Waals surface area contributed by atoms with Gasteiger partial charge in [-0.3, -0.25) is 10.1 Å². The van der Waals surface area contributed by atoms with E-state index in [-0.39, 0.29) is 17.2 Å². The van der Waals surface area contributed by atoms with Gasteiger partial charge in [-0.2, -0.15) is 0 Å². The van der Waals surface area contributed by atoms with E-state index in [2.05, 4.69) is 0 Å². The smallest absolute Gasteiger partial charge is 0.344 e. The molecule has 0 aliphatic rings. The first-order chi connectivity index (χ1) is 7.95. The summed E-state index contributed by atoms with van der Waals surface area (Å²) >= 11 is 0. The number of nitro benzene ring substituents is 1. The van der Waals surface area contributed by atoms with Crippen molar-refractivity contribution in [1.29, 1.82) is 0 Å². The Morgan fingerprint density at radius 3 is 2.65 bits per heavy atom. The molecule has 1 aromatic carbocycles. The molecule has 0 aliphatic heterocycles. The first-order valence-electron chi connectivity index (χ1n) is 4.67. The zero-order chi connectivity index (χ0) is 13.0. The van der Waals surface area contributed by atoms with E-state index >= 15 is 0 Å². The van der Waals surface area contributed by atoms with Crippen molar-refractivity contribution >= 4 is 11.7 Å². The average molecular weight is 241 g/mol. The number of nitro groups is 1. The fourth-order valence-electron chi connectivity index (χ4n) is 1.14. The van der Waals surface area contributed by atoms with E-state index < -0.39 is 17.0 Å². The van der Waals surface area contributed by atoms with Crippen molar-refractivity contribution in [3.8, 4) is 11.5 Å². The second kappa shape index (κ2) is 5.15. The number of methoxy groups -OCH3 is 1. The largest absolute Gasteiger partial charge is 0.490 e. The molecular weight excluding hydrogens is 230 g/mol. The van der Waals surface area contributed by atoms with Crippen LogP contribution in [0.4, 0.5) is 5.69 Å². The molecule has 0 saturated carbocycles. The summed E-state index contributed by atoms with van der Waals surface area (Å²) in [6.45, 7) is 1.33. The van der Waals surface area contributed by atoms with Crippen LogP contribution in [0.1, 0.15) is 6.92 Å². The van der Waals surface area contributed by atoms with Crippen molar-refractivity contribution in [1.82, 2.24) is 0 Å². The summed E-state index contributed by atoms with van der Waals surface area (Å²) in [5, 5.41) is 19.3. The minimum Gasteiger partial charge on any atom is -0.490 e. The molecular formula is C10H11NO6. The zero-order valence-electron chi connectivity index (χ0n) is 9.25. The van der Waals surface area contributed by atoms with E-state index in [0.29, 0.717) is 0 Å². The Labute approximate surface area is 96.7 Å². The summed E-state index contributed by atoms with van der Waals surface area (Å²) in [7, 11) is 1.31. The SMILES string of the molecule is COc1ccc(O[C@H](C)C(=O)O)cc1[N+](=O)[O-]. The molecule has 0 bridgehead atoms. The number of carbonyl (C=O) groups is 1. The third-order valence-electron chi connectivity index (χ3n) is 2.01. The quantitative estimate of drug-likeness (QED) is 0.618. The van der Waals surface area contributed by atoms with E-state index in [4.69, 9.17) is 14.6 Å². The molecule has 0 fully saturated rings. The van der Waals surface area contributed by atoms with Gasteiger partial charge in [0.1, 0.15) is 5.75 Å². The highest BCUT2D eigenvalue weighted by Crippen LogP contribution is 2.31. The summed E-state index contributed by atoms with van der Waals surface area (Å²) in [5.41, 5.74) is -0.275. The van der Waals surface area contributed by atoms with Crippen LogP contribution in [0, 0.1) is 10.1 Å². The average Bonchev–Trinajstić information content (AvgIpc) is 2.28. The first-order valence-corrected chi connectivity index (χ1v) is 4.67. The van der Waals surface area contributed by atoms with E-state index in [0.717, 1.165) is 6.07 Å². The monoisotopic (exact) mass is 241 g/mol. The predicted molar refractivity (Wildman–Crippen MR) is 57.4 cm³/mol. The van der Waals surface area contributed by atoms with Crippen LogP contribution >= 0.6 is 0 Å². The molecule has 1 aromatic rings. The Morgan fingerprint density at radius 1 is 1.53 bits per heavy atom. The van der Waals surface area contributed by atoms with Crippen LogP contribution in [0.25, 0.3) is 0 Å². The Balaban J connectivity index is 3.00. The molecule has 7 heteroatoms. The lowest BCUT2D eigenvalue weighted by Crippen LogP contribution is -2.22. The predicted octanol–water partition coefficient (Wildman–Crippen LogP) is 1.46. The van der Waals surface area contributed by atoms with Gasteiger partial charge in [0.2, 0.25) is 0 Å². The Hall–Kier alpha value is -2.31. The number of ether oxygens (including phenoxy) is 2. The molecule has 0 spiro atoms. The van der Waals surface area contributed by atoms with Gasteiger partial charge < -0.3 is 14.6 Å². The second-order valence-electron chi connectivity index (χ2n) is 3.19. The number of nitrogens with zero attached hydrogens (tertiary/aromatic N) is 1. The van der Waals surface area contributed by atoms with Crippen molar-refractivity contribution in [2.75, 3.05) is 7.11 Å². The van der Waals surface area contributed by atoms with Crippen molar-refractivity contribution < 1.29 is 24.3 Å². The molecule has 0 unspecified atom stereocenters. The standard InChI is InChI=1S/C10H11NO6/c1-6(10(12)13)17-7-3-4-9(16-2)8(5-7)11(14)15/h3-6H,1-2H3,(H,12,13)/t6-/m1/s1. The Bertz CT molecular complexity index is 444. The van der Waals surface area contributed by atoms with Crippen molar-refractivity contribution in [3.63, 3.8) is 0 Å². The van der Waals surface area contributed by atoms with E-state index in [1.807, 2.05) is 0 Å². The molecule has 1 rings (SSSR count). The van der Waals surface area contributed by atoms with Gasteiger partial charge in [0.05, 0.1) is 18.1 Å². The number of carboxylic acids is 1. The van der Waals surface area contributed by atoms with E-state index in [1.165, 1.54) is 26.2 Å². The summed E-state index contributed by atoms with van der Waals surface area (Å²) < 4.78 is 9.81. The van der Waals surface area contributed by atoms with Crippen LogP contribution < -0.4 is 9.47 Å². The van der Waals surface area contributed by atoms with Crippen LogP contribution in [-0.4, -0.2) is 29.2 Å². The third-order valence-corrected chi connectivity index (χ3v) is 2.01. The van der Waals surface area contributed by atoms with Crippen molar-refractivity contribution in [3.05, 3.63) is 28.3 Å². The van der Waals surface area contributed by atoms with Crippen LogP contribution in [0.2, 0.25) is 0 Å². The highest BCUT2D eigenvalue weighted by molar-refractivity contribution is 5.72. The fraction of sp³-hybridized carbons (Fsp3) is 0.300. The van der Waals surface area contributed by atoms with Crippen LogP contribution in [0.15, 0.2) is 18.2 Å². The molecule has 0 aromatic heterocycles. The molecule has 92 valence electrons. The van der Waals surface area contributed by atoms with Gasteiger partial charge in [0.15, 0.2) is 11.9 Å². The summed E-state index contributed by atoms with van der Waals surface area (Å²) in [5.74, 6) is -0.957. The zero-order valence-corrected chi connectivity index (χ0v) is 9.25. The first kappa shape index (κ1) is 12.8. The third kappa shape index (κ3) is 3.07. The minimum atomic E-state index is -1.15. The molecule has 0 heterocycles. The van der Waals surface area contributed by atoms with Gasteiger partial charge in [0, 0.05) is 0 Å². The summed E-state index contributed by atoms with van der Waals surface area (Å²) in [4.78, 5) is 20.6. The minimum absolute atomic E-state index is 0.0883. The number of carboxylic acid groups (broad SMARTS) is 1. The molecule has 1 atom stereocenters. The maximum absolute atomic E-state index is 10.7. The summed E-state index contributed by atoms with van der Waals surface area (Å²) in [6, 6.07) is 3.88. The van der Waals surface area contributed by atoms with Crippen molar-refractivity contribution in [2.45, 2.75) is 13.0 Å². The van der Waals surface area contributed by atoms with Crippen LogP contribution in [0.3, 0.4) is 0 Å². The highest BCUT2D eigenvalue weighted by Gasteiger charge is 2.18. The topological polar surface area (TPSA) is 98.9 Å². The number of benzene rings is 1. The van der Waals surface area contributed by atoms with E-state index in [9.17, 15) is 14.9 Å². The molecule has 0 saturated heterocycles. The number of hydrogen-bond donors (Lipinski definition) is 1. The molecule has 17 heavy (non-hydrogen) atoms. The second-order valence-corrected chi connectivity index (χ2v) is 3.19. The van der Waals surface area contributed by atoms with Gasteiger partial charge >= 0.3 is 11.7 Å². The maximum atomic E-state index is 10.7.